The number of nitrogens with one attached hydrogen (secondary N) is 1. The molecule has 0 saturated carbocycles. The van der Waals surface area contributed by atoms with Crippen LogP contribution in [-0.4, -0.2) is 47.7 Å². The third kappa shape index (κ3) is 3.57. The molecule has 0 fully saturated rings. The van der Waals surface area contributed by atoms with Gasteiger partial charge in [0.25, 0.3) is 5.91 Å². The van der Waals surface area contributed by atoms with E-state index < -0.39 is 0 Å². The predicted octanol–water partition coefficient (Wildman–Crippen LogP) is 3.70. The van der Waals surface area contributed by atoms with E-state index in [9.17, 15) is 14.3 Å². The van der Waals surface area contributed by atoms with E-state index in [1.165, 1.54) is 12.1 Å². The van der Waals surface area contributed by atoms with Crippen LogP contribution in [0.3, 0.4) is 0 Å². The molecule has 0 spiro atoms. The summed E-state index contributed by atoms with van der Waals surface area (Å²) in [4.78, 5) is 19.0. The summed E-state index contributed by atoms with van der Waals surface area (Å²) >= 11 is 0. The van der Waals surface area contributed by atoms with Crippen LogP contribution in [-0.2, 0) is 17.7 Å². The molecule has 0 bridgehead atoms. The molecule has 156 valence electrons. The molecule has 2 aromatic carbocycles. The molecular formula is C23H24FN3O3. The molecule has 6 nitrogen and oxygen atoms in total. The van der Waals surface area contributed by atoms with Gasteiger partial charge in [-0.15, -0.1) is 0 Å². The number of hydrogen-bond donors (Lipinski definition) is 2. The van der Waals surface area contributed by atoms with Crippen LogP contribution in [0.1, 0.15) is 34.0 Å². The maximum atomic E-state index is 13.2. The highest BCUT2D eigenvalue weighted by molar-refractivity contribution is 6.11. The number of carbonyl (C=O) groups is 1. The second kappa shape index (κ2) is 8.28. The van der Waals surface area contributed by atoms with Gasteiger partial charge in [-0.1, -0.05) is 12.1 Å². The van der Waals surface area contributed by atoms with Crippen LogP contribution in [0.25, 0.3) is 10.9 Å². The molecule has 0 aliphatic carbocycles. The van der Waals surface area contributed by atoms with E-state index in [-0.39, 0.29) is 17.5 Å². The van der Waals surface area contributed by atoms with Crippen molar-refractivity contribution in [2.45, 2.75) is 19.9 Å². The van der Waals surface area contributed by atoms with Crippen molar-refractivity contribution in [2.24, 2.45) is 0 Å². The monoisotopic (exact) mass is 409 g/mol. The molecule has 1 aliphatic rings. The molecule has 7 heteroatoms. The normalized spacial score (nSPS) is 13.2. The number of aromatic hydroxyl groups is 1. The number of benzene rings is 2. The van der Waals surface area contributed by atoms with Gasteiger partial charge in [0.15, 0.2) is 5.75 Å². The Balaban J connectivity index is 1.79. The Hall–Kier alpha value is -3.19. The molecular weight excluding hydrogens is 385 g/mol. The van der Waals surface area contributed by atoms with E-state index in [2.05, 4.69) is 10.3 Å². The second-order valence-electron chi connectivity index (χ2n) is 7.37. The molecule has 30 heavy (non-hydrogen) atoms. The van der Waals surface area contributed by atoms with E-state index in [1.54, 1.807) is 30.3 Å². The minimum atomic E-state index is -0.270. The topological polar surface area (TPSA) is 74.7 Å². The SMILES string of the molecule is CCNc1c2c(c(O)c3ncc(Cc4ccc(F)cc4)cc13)C(=O)N(CCOC)C2. The molecule has 1 amide bonds. The summed E-state index contributed by atoms with van der Waals surface area (Å²) in [6.07, 6.45) is 2.28. The molecule has 2 heterocycles. The molecule has 2 N–H and O–H groups in total. The molecule has 0 unspecified atom stereocenters. The van der Waals surface area contributed by atoms with Gasteiger partial charge < -0.3 is 20.1 Å². The van der Waals surface area contributed by atoms with Gasteiger partial charge in [0.05, 0.1) is 12.2 Å². The number of halogens is 1. The predicted molar refractivity (Wildman–Crippen MR) is 113 cm³/mol. The highest BCUT2D eigenvalue weighted by atomic mass is 19.1. The van der Waals surface area contributed by atoms with E-state index in [0.29, 0.717) is 43.7 Å². The number of nitrogens with zero attached hydrogens (tertiary/aromatic N) is 2. The van der Waals surface area contributed by atoms with E-state index >= 15 is 0 Å². The number of anilines is 1. The van der Waals surface area contributed by atoms with Crippen LogP contribution in [0.4, 0.5) is 10.1 Å². The van der Waals surface area contributed by atoms with Crippen LogP contribution in [0.2, 0.25) is 0 Å². The number of aromatic nitrogens is 1. The summed E-state index contributed by atoms with van der Waals surface area (Å²) in [7, 11) is 1.59. The lowest BCUT2D eigenvalue weighted by Gasteiger charge is -2.16. The summed E-state index contributed by atoms with van der Waals surface area (Å²) in [6, 6.07) is 8.35. The fourth-order valence-corrected chi connectivity index (χ4v) is 3.94. The number of phenolic OH excluding ortho intramolecular Hbond substituents is 1. The molecule has 1 aliphatic heterocycles. The van der Waals surface area contributed by atoms with Crippen molar-refractivity contribution in [3.05, 3.63) is 64.6 Å². The van der Waals surface area contributed by atoms with Crippen molar-refractivity contribution in [3.8, 4) is 5.75 Å². The lowest BCUT2D eigenvalue weighted by Crippen LogP contribution is -2.27. The Morgan fingerprint density at radius 3 is 2.73 bits per heavy atom. The standard InChI is InChI=1S/C23H24FN3O3/c1-3-25-20-17-11-15(10-14-4-6-16(24)7-5-14)12-26-21(17)22(28)19-18(20)13-27(23(19)29)8-9-30-2/h4-7,11-12,25,28H,3,8-10,13H2,1-2H3. The first kappa shape index (κ1) is 20.1. The zero-order valence-electron chi connectivity index (χ0n) is 17.0. The molecule has 0 saturated heterocycles. The third-order valence-corrected chi connectivity index (χ3v) is 5.37. The average molecular weight is 409 g/mol. The zero-order chi connectivity index (χ0) is 21.3. The van der Waals surface area contributed by atoms with Crippen molar-refractivity contribution in [1.29, 1.82) is 0 Å². The largest absolute Gasteiger partial charge is 0.505 e. The minimum Gasteiger partial charge on any atom is -0.505 e. The molecule has 3 aromatic rings. The van der Waals surface area contributed by atoms with Gasteiger partial charge in [-0.2, -0.15) is 0 Å². The number of rotatable bonds is 7. The van der Waals surface area contributed by atoms with Gasteiger partial charge >= 0.3 is 0 Å². The Morgan fingerprint density at radius 2 is 2.03 bits per heavy atom. The van der Waals surface area contributed by atoms with Gasteiger partial charge in [0.1, 0.15) is 11.3 Å². The third-order valence-electron chi connectivity index (χ3n) is 5.37. The number of pyridine rings is 1. The Bertz CT molecular complexity index is 1100. The lowest BCUT2D eigenvalue weighted by atomic mass is 9.98. The fourth-order valence-electron chi connectivity index (χ4n) is 3.94. The van der Waals surface area contributed by atoms with Gasteiger partial charge in [-0.3, -0.25) is 9.78 Å². The molecule has 1 aromatic heterocycles. The van der Waals surface area contributed by atoms with E-state index in [0.717, 1.165) is 27.8 Å². The van der Waals surface area contributed by atoms with Crippen molar-refractivity contribution < 1.29 is 19.0 Å². The van der Waals surface area contributed by atoms with Crippen LogP contribution in [0, 0.1) is 5.82 Å². The average Bonchev–Trinajstić information content (AvgIpc) is 3.07. The first-order chi connectivity index (χ1) is 14.5. The molecule has 4 rings (SSSR count). The van der Waals surface area contributed by atoms with Crippen LogP contribution >= 0.6 is 0 Å². The van der Waals surface area contributed by atoms with Gasteiger partial charge in [-0.05, 0) is 42.7 Å². The highest BCUT2D eigenvalue weighted by Crippen LogP contribution is 2.42. The number of carbonyl (C=O) groups excluding carboxylic acids is 1. The van der Waals surface area contributed by atoms with Crippen LogP contribution < -0.4 is 5.32 Å². The summed E-state index contributed by atoms with van der Waals surface area (Å²) in [5, 5.41) is 15.0. The van der Waals surface area contributed by atoms with Gasteiger partial charge in [0, 0.05) is 49.6 Å². The van der Waals surface area contributed by atoms with Crippen molar-refractivity contribution in [3.63, 3.8) is 0 Å². The van der Waals surface area contributed by atoms with E-state index in [4.69, 9.17) is 4.74 Å². The first-order valence-electron chi connectivity index (χ1n) is 9.96. The number of methoxy groups -OCH3 is 1. The molecule has 0 atom stereocenters. The van der Waals surface area contributed by atoms with Crippen molar-refractivity contribution in [2.75, 3.05) is 32.1 Å². The smallest absolute Gasteiger partial charge is 0.258 e. The number of amides is 1. The van der Waals surface area contributed by atoms with Crippen LogP contribution in [0.15, 0.2) is 36.5 Å². The number of fused-ring (bicyclic) bond motifs is 2. The first-order valence-corrected chi connectivity index (χ1v) is 9.96. The number of hydrogen-bond acceptors (Lipinski definition) is 5. The second-order valence-corrected chi connectivity index (χ2v) is 7.37. The Kier molecular flexibility index (Phi) is 5.55. The van der Waals surface area contributed by atoms with E-state index in [1.807, 2.05) is 13.0 Å². The van der Waals surface area contributed by atoms with Crippen molar-refractivity contribution >= 4 is 22.5 Å². The van der Waals surface area contributed by atoms with Crippen LogP contribution in [0.5, 0.6) is 5.75 Å². The highest BCUT2D eigenvalue weighted by Gasteiger charge is 2.34. The summed E-state index contributed by atoms with van der Waals surface area (Å²) in [6.45, 7) is 3.94. The molecule has 0 radical (unpaired) electrons. The maximum Gasteiger partial charge on any atom is 0.258 e. The lowest BCUT2D eigenvalue weighted by molar-refractivity contribution is 0.0717. The quantitative estimate of drug-likeness (QED) is 0.582. The minimum absolute atomic E-state index is 0.0834. The zero-order valence-corrected chi connectivity index (χ0v) is 17.0. The van der Waals surface area contributed by atoms with Crippen molar-refractivity contribution in [1.82, 2.24) is 9.88 Å². The van der Waals surface area contributed by atoms with Gasteiger partial charge in [-0.25, -0.2) is 4.39 Å². The number of ether oxygens (including phenoxy) is 1. The summed E-state index contributed by atoms with van der Waals surface area (Å²) in [5.41, 5.74) is 4.22. The maximum absolute atomic E-state index is 13.2. The number of phenols is 1. The summed E-state index contributed by atoms with van der Waals surface area (Å²) < 4.78 is 18.3. The summed E-state index contributed by atoms with van der Waals surface area (Å²) in [5.74, 6) is -0.564. The van der Waals surface area contributed by atoms with Gasteiger partial charge in [0.2, 0.25) is 0 Å². The Morgan fingerprint density at radius 1 is 1.27 bits per heavy atom. The Labute approximate surface area is 174 Å². The fraction of sp³-hybridized carbons (Fsp3) is 0.304.